The van der Waals surface area contributed by atoms with E-state index in [1.54, 1.807) is 0 Å². The molecule has 9 aromatic carbocycles. The van der Waals surface area contributed by atoms with Gasteiger partial charge in [-0.05, 0) is 145 Å². The van der Waals surface area contributed by atoms with Gasteiger partial charge in [-0.15, -0.1) is 0 Å². The average molecular weight is 857 g/mol. The Labute approximate surface area is 387 Å². The molecule has 0 saturated carbocycles. The molecular weight excluding hydrogens is 805 g/mol. The van der Waals surface area contributed by atoms with Crippen molar-refractivity contribution in [2.24, 2.45) is 0 Å². The van der Waals surface area contributed by atoms with E-state index < -0.39 is 0 Å². The van der Waals surface area contributed by atoms with Crippen molar-refractivity contribution in [1.29, 1.82) is 0 Å². The van der Waals surface area contributed by atoms with Crippen LogP contribution in [0, 0.1) is 20.8 Å². The summed E-state index contributed by atoms with van der Waals surface area (Å²) in [5, 5.41) is 14.1. The van der Waals surface area contributed by atoms with Gasteiger partial charge in [0.2, 0.25) is 0 Å². The second kappa shape index (κ2) is 17.7. The number of fused-ring (bicyclic) bond motifs is 3. The molecule has 2 heterocycles. The molecule has 3 N–H and O–H groups in total. The van der Waals surface area contributed by atoms with Gasteiger partial charge in [0.15, 0.2) is 0 Å². The van der Waals surface area contributed by atoms with Crippen molar-refractivity contribution in [1.82, 2.24) is 20.5 Å². The number of rotatable bonds is 10. The SMILES string of the molecule is Cc1cc(-n2c3ccc(N(c4ccccc4)c4ccccc4)cc3c3cc(N(c4ccccc4)c4ccccc4)ccc32)c(C)c(C)c1C1NC(c2ccccc2)NC(c2ccccc2)N1. The molecular formula is C60H52N6. The summed E-state index contributed by atoms with van der Waals surface area (Å²) in [6.07, 6.45) is -0.221. The number of anilines is 6. The monoisotopic (exact) mass is 856 g/mol. The lowest BCUT2D eigenvalue weighted by Crippen LogP contribution is -2.54. The Morgan fingerprint density at radius 2 is 0.697 bits per heavy atom. The van der Waals surface area contributed by atoms with Gasteiger partial charge >= 0.3 is 0 Å². The van der Waals surface area contributed by atoms with Crippen LogP contribution >= 0.6 is 0 Å². The maximum Gasteiger partial charge on any atom is 0.0869 e. The maximum absolute atomic E-state index is 3.96. The molecule has 11 rings (SSSR count). The van der Waals surface area contributed by atoms with E-state index >= 15 is 0 Å². The average Bonchev–Trinajstić information content (AvgIpc) is 3.70. The Morgan fingerprint density at radius 3 is 1.08 bits per heavy atom. The van der Waals surface area contributed by atoms with Crippen molar-refractivity contribution in [2.45, 2.75) is 39.3 Å². The normalized spacial score (nSPS) is 16.1. The molecule has 0 spiro atoms. The number of nitrogens with zero attached hydrogens (tertiary/aromatic N) is 3. The van der Waals surface area contributed by atoms with E-state index in [1.165, 1.54) is 49.8 Å². The zero-order valence-corrected chi connectivity index (χ0v) is 37.4. The van der Waals surface area contributed by atoms with E-state index in [4.69, 9.17) is 0 Å². The third-order valence-corrected chi connectivity index (χ3v) is 13.2. The van der Waals surface area contributed by atoms with Gasteiger partial charge in [0.05, 0.1) is 29.5 Å². The number of nitrogens with one attached hydrogen (secondary N) is 3. The number of para-hydroxylation sites is 4. The molecule has 0 aliphatic carbocycles. The van der Waals surface area contributed by atoms with Crippen LogP contribution in [-0.2, 0) is 0 Å². The first-order valence-corrected chi connectivity index (χ1v) is 22.9. The smallest absolute Gasteiger partial charge is 0.0869 e. The van der Waals surface area contributed by atoms with E-state index in [9.17, 15) is 0 Å². The highest BCUT2D eigenvalue weighted by molar-refractivity contribution is 6.12. The van der Waals surface area contributed by atoms with Crippen LogP contribution in [0.15, 0.2) is 224 Å². The number of aryl methyl sites for hydroxylation is 1. The van der Waals surface area contributed by atoms with E-state index in [2.05, 4.69) is 276 Å². The first-order chi connectivity index (χ1) is 32.5. The van der Waals surface area contributed by atoms with Gasteiger partial charge < -0.3 is 14.4 Å². The molecule has 0 bridgehead atoms. The minimum absolute atomic E-state index is 0.0557. The van der Waals surface area contributed by atoms with E-state index in [-0.39, 0.29) is 18.5 Å². The number of hydrogen-bond acceptors (Lipinski definition) is 5. The van der Waals surface area contributed by atoms with Gasteiger partial charge in [-0.1, -0.05) is 133 Å². The van der Waals surface area contributed by atoms with Gasteiger partial charge in [-0.3, -0.25) is 16.0 Å². The summed E-state index contributed by atoms with van der Waals surface area (Å²) in [5.74, 6) is 0. The molecule has 1 saturated heterocycles. The van der Waals surface area contributed by atoms with Crippen LogP contribution in [0.1, 0.15) is 51.9 Å². The van der Waals surface area contributed by atoms with E-state index in [0.717, 1.165) is 45.2 Å². The highest BCUT2D eigenvalue weighted by Gasteiger charge is 2.32. The van der Waals surface area contributed by atoms with Gasteiger partial charge in [0.25, 0.3) is 0 Å². The third-order valence-electron chi connectivity index (χ3n) is 13.2. The molecule has 2 unspecified atom stereocenters. The predicted molar refractivity (Wildman–Crippen MR) is 275 cm³/mol. The predicted octanol–water partition coefficient (Wildman–Crippen LogP) is 14.8. The third kappa shape index (κ3) is 7.61. The van der Waals surface area contributed by atoms with Crippen LogP contribution in [0.4, 0.5) is 34.1 Å². The lowest BCUT2D eigenvalue weighted by Gasteiger charge is -2.41. The summed E-state index contributed by atoms with van der Waals surface area (Å²) in [7, 11) is 0. The molecule has 1 fully saturated rings. The Morgan fingerprint density at radius 1 is 0.348 bits per heavy atom. The lowest BCUT2D eigenvalue weighted by molar-refractivity contribution is 0.202. The molecule has 10 aromatic rings. The summed E-state index contributed by atoms with van der Waals surface area (Å²) < 4.78 is 2.49. The summed E-state index contributed by atoms with van der Waals surface area (Å²) >= 11 is 0. The second-order valence-electron chi connectivity index (χ2n) is 17.2. The number of benzene rings is 9. The Balaban J connectivity index is 1.10. The van der Waals surface area contributed by atoms with Crippen LogP contribution in [0.5, 0.6) is 0 Å². The standard InChI is InChI=1S/C60H52N6/c1-41-38-56(42(2)43(3)57(41)60-62-58(44-22-10-4-11-23-44)61-59(63-60)45-24-12-5-13-25-45)66-54-36-34-50(64(46-26-14-6-15-27-46)47-28-16-7-17-29-47)39-52(54)53-40-51(35-37-55(53)66)65(48-30-18-8-19-31-48)49-32-20-9-21-33-49/h4-40,58-63H,1-3H3. The summed E-state index contributed by atoms with van der Waals surface area (Å²) in [6, 6.07) is 80.4. The second-order valence-corrected chi connectivity index (χ2v) is 17.2. The van der Waals surface area contributed by atoms with Gasteiger partial charge in [0, 0.05) is 50.6 Å². The Kier molecular flexibility index (Phi) is 11.0. The van der Waals surface area contributed by atoms with Crippen LogP contribution in [0.2, 0.25) is 0 Å². The molecule has 1 aromatic heterocycles. The van der Waals surface area contributed by atoms with Gasteiger partial charge in [0.1, 0.15) is 0 Å². The Hall–Kier alpha value is -7.74. The van der Waals surface area contributed by atoms with Gasteiger partial charge in [-0.2, -0.15) is 0 Å². The van der Waals surface area contributed by atoms with E-state index in [1.807, 2.05) is 0 Å². The molecule has 6 nitrogen and oxygen atoms in total. The number of aromatic nitrogens is 1. The summed E-state index contributed by atoms with van der Waals surface area (Å²) in [5.41, 5.74) is 17.5. The minimum atomic E-state index is -0.110. The zero-order valence-electron chi connectivity index (χ0n) is 37.4. The molecule has 322 valence electrons. The van der Waals surface area contributed by atoms with Crippen molar-refractivity contribution >= 4 is 55.9 Å². The summed E-state index contributed by atoms with van der Waals surface area (Å²) in [6.45, 7) is 6.85. The van der Waals surface area contributed by atoms with Crippen molar-refractivity contribution in [2.75, 3.05) is 9.80 Å². The fourth-order valence-corrected chi connectivity index (χ4v) is 9.98. The molecule has 2 atom stereocenters. The number of hydrogen-bond donors (Lipinski definition) is 3. The quantitative estimate of drug-likeness (QED) is 0.128. The first-order valence-electron chi connectivity index (χ1n) is 22.9. The first kappa shape index (κ1) is 41.0. The van der Waals surface area contributed by atoms with Crippen LogP contribution in [-0.4, -0.2) is 4.57 Å². The molecule has 66 heavy (non-hydrogen) atoms. The largest absolute Gasteiger partial charge is 0.310 e. The Bertz CT molecular complexity index is 3000. The van der Waals surface area contributed by atoms with E-state index in [0.29, 0.717) is 0 Å². The summed E-state index contributed by atoms with van der Waals surface area (Å²) in [4.78, 5) is 4.71. The van der Waals surface area contributed by atoms with Crippen LogP contribution < -0.4 is 25.8 Å². The molecule has 6 heteroatoms. The molecule has 1 aliphatic heterocycles. The fraction of sp³-hybridized carbons (Fsp3) is 0.100. The minimum Gasteiger partial charge on any atom is -0.310 e. The fourth-order valence-electron chi connectivity index (χ4n) is 9.98. The molecule has 0 amide bonds. The van der Waals surface area contributed by atoms with Crippen molar-refractivity contribution in [3.8, 4) is 5.69 Å². The zero-order chi connectivity index (χ0) is 44.6. The highest BCUT2D eigenvalue weighted by Crippen LogP contribution is 2.44. The molecule has 1 aliphatic rings. The van der Waals surface area contributed by atoms with Crippen molar-refractivity contribution in [3.63, 3.8) is 0 Å². The van der Waals surface area contributed by atoms with Gasteiger partial charge in [-0.25, -0.2) is 0 Å². The topological polar surface area (TPSA) is 47.5 Å². The maximum atomic E-state index is 3.96. The van der Waals surface area contributed by atoms with Crippen molar-refractivity contribution < 1.29 is 0 Å². The highest BCUT2D eigenvalue weighted by atomic mass is 15.4. The van der Waals surface area contributed by atoms with Crippen LogP contribution in [0.3, 0.4) is 0 Å². The van der Waals surface area contributed by atoms with Crippen molar-refractivity contribution in [3.05, 3.63) is 258 Å². The van der Waals surface area contributed by atoms with Crippen LogP contribution in [0.25, 0.3) is 27.5 Å². The molecule has 0 radical (unpaired) electrons. The lowest BCUT2D eigenvalue weighted by atomic mass is 9.92.